The maximum absolute atomic E-state index is 11.3. The first-order valence-corrected chi connectivity index (χ1v) is 5.16. The number of carbonyl (C=O) groups excluding carboxylic acids is 1. The molecule has 2 nitrogen and oxygen atoms in total. The fourth-order valence-corrected chi connectivity index (χ4v) is 3.05. The molecule has 1 amide bonds. The summed E-state index contributed by atoms with van der Waals surface area (Å²) in [7, 11) is 1.64. The van der Waals surface area contributed by atoms with Crippen LogP contribution in [0, 0.1) is 13.8 Å². The second kappa shape index (κ2) is 3.58. The predicted molar refractivity (Wildman–Crippen MR) is 54.9 cm³/mol. The van der Waals surface area contributed by atoms with Crippen LogP contribution in [0.15, 0.2) is 3.79 Å². The third kappa shape index (κ3) is 1.54. The van der Waals surface area contributed by atoms with Gasteiger partial charge >= 0.3 is 0 Å². The average molecular weight is 248 g/mol. The Morgan fingerprint density at radius 2 is 2.08 bits per heavy atom. The number of amides is 1. The van der Waals surface area contributed by atoms with Gasteiger partial charge in [0.2, 0.25) is 0 Å². The summed E-state index contributed by atoms with van der Waals surface area (Å²) in [6, 6.07) is 0. The van der Waals surface area contributed by atoms with Gasteiger partial charge < -0.3 is 5.32 Å². The van der Waals surface area contributed by atoms with Crippen LogP contribution in [0.2, 0.25) is 0 Å². The van der Waals surface area contributed by atoms with Crippen molar-refractivity contribution in [1.29, 1.82) is 0 Å². The third-order valence-electron chi connectivity index (χ3n) is 1.80. The standard InChI is InChI=1S/C8H10BrNOS/c1-4-5(2)12-7(9)6(4)8(11)10-3/h1-3H3,(H,10,11). The van der Waals surface area contributed by atoms with Gasteiger partial charge in [-0.15, -0.1) is 11.3 Å². The molecule has 0 atom stereocenters. The van der Waals surface area contributed by atoms with Crippen molar-refractivity contribution in [1.82, 2.24) is 5.32 Å². The predicted octanol–water partition coefficient (Wildman–Crippen LogP) is 2.49. The quantitative estimate of drug-likeness (QED) is 0.812. The number of rotatable bonds is 1. The van der Waals surface area contributed by atoms with Gasteiger partial charge in [-0.3, -0.25) is 4.79 Å². The molecule has 1 aromatic heterocycles. The van der Waals surface area contributed by atoms with Gasteiger partial charge in [0.1, 0.15) is 0 Å². The van der Waals surface area contributed by atoms with Crippen LogP contribution in [0.3, 0.4) is 0 Å². The van der Waals surface area contributed by atoms with Gasteiger partial charge in [0, 0.05) is 11.9 Å². The second-order valence-corrected chi connectivity index (χ2v) is 5.05. The van der Waals surface area contributed by atoms with Crippen LogP contribution < -0.4 is 5.32 Å². The molecule has 12 heavy (non-hydrogen) atoms. The van der Waals surface area contributed by atoms with E-state index in [1.807, 2.05) is 13.8 Å². The van der Waals surface area contributed by atoms with E-state index in [4.69, 9.17) is 0 Å². The lowest BCUT2D eigenvalue weighted by atomic mass is 10.2. The van der Waals surface area contributed by atoms with Crippen LogP contribution in [0.4, 0.5) is 0 Å². The number of nitrogens with one attached hydrogen (secondary N) is 1. The molecule has 0 aliphatic rings. The Balaban J connectivity index is 3.22. The number of aryl methyl sites for hydroxylation is 1. The fraction of sp³-hybridized carbons (Fsp3) is 0.375. The molecule has 1 heterocycles. The average Bonchev–Trinajstić information content (AvgIpc) is 2.26. The maximum atomic E-state index is 11.3. The van der Waals surface area contributed by atoms with E-state index in [1.54, 1.807) is 18.4 Å². The first kappa shape index (κ1) is 9.74. The molecule has 0 radical (unpaired) electrons. The van der Waals surface area contributed by atoms with E-state index in [2.05, 4.69) is 21.2 Å². The number of carbonyl (C=O) groups is 1. The summed E-state index contributed by atoms with van der Waals surface area (Å²) in [5.74, 6) is -0.0243. The molecule has 1 rings (SSSR count). The minimum absolute atomic E-state index is 0.0243. The molecule has 0 saturated carbocycles. The van der Waals surface area contributed by atoms with Crippen molar-refractivity contribution < 1.29 is 4.79 Å². The molecule has 4 heteroatoms. The largest absolute Gasteiger partial charge is 0.355 e. The second-order valence-electron chi connectivity index (χ2n) is 2.51. The number of hydrogen-bond acceptors (Lipinski definition) is 2. The molecule has 0 unspecified atom stereocenters. The number of hydrogen-bond donors (Lipinski definition) is 1. The number of thiophene rings is 1. The summed E-state index contributed by atoms with van der Waals surface area (Å²) >= 11 is 4.96. The van der Waals surface area contributed by atoms with E-state index in [0.717, 1.165) is 14.9 Å². The Morgan fingerprint density at radius 3 is 2.42 bits per heavy atom. The van der Waals surface area contributed by atoms with Gasteiger partial charge in [-0.25, -0.2) is 0 Å². The zero-order valence-electron chi connectivity index (χ0n) is 7.19. The monoisotopic (exact) mass is 247 g/mol. The molecular weight excluding hydrogens is 238 g/mol. The van der Waals surface area contributed by atoms with Crippen molar-refractivity contribution in [3.8, 4) is 0 Å². The van der Waals surface area contributed by atoms with Gasteiger partial charge in [-0.05, 0) is 35.3 Å². The normalized spacial score (nSPS) is 10.0. The lowest BCUT2D eigenvalue weighted by Crippen LogP contribution is -2.18. The summed E-state index contributed by atoms with van der Waals surface area (Å²) < 4.78 is 0.914. The van der Waals surface area contributed by atoms with Crippen LogP contribution in [0.1, 0.15) is 20.8 Å². The molecule has 1 N–H and O–H groups in total. The summed E-state index contributed by atoms with van der Waals surface area (Å²) in [4.78, 5) is 12.5. The van der Waals surface area contributed by atoms with E-state index < -0.39 is 0 Å². The van der Waals surface area contributed by atoms with Gasteiger partial charge in [-0.1, -0.05) is 0 Å². The topological polar surface area (TPSA) is 29.1 Å². The van der Waals surface area contributed by atoms with Crippen LogP contribution >= 0.6 is 27.3 Å². The summed E-state index contributed by atoms with van der Waals surface area (Å²) in [5.41, 5.74) is 1.83. The van der Waals surface area contributed by atoms with Crippen molar-refractivity contribution in [2.45, 2.75) is 13.8 Å². The highest BCUT2D eigenvalue weighted by molar-refractivity contribution is 9.11. The summed E-state index contributed by atoms with van der Waals surface area (Å²) in [6.07, 6.45) is 0. The Morgan fingerprint density at radius 1 is 1.50 bits per heavy atom. The van der Waals surface area contributed by atoms with E-state index in [-0.39, 0.29) is 5.91 Å². The van der Waals surface area contributed by atoms with E-state index in [1.165, 1.54) is 4.88 Å². The van der Waals surface area contributed by atoms with E-state index in [0.29, 0.717) is 0 Å². The highest BCUT2D eigenvalue weighted by atomic mass is 79.9. The Labute approximate surface area is 84.1 Å². The summed E-state index contributed by atoms with van der Waals surface area (Å²) in [5, 5.41) is 2.61. The van der Waals surface area contributed by atoms with Crippen LogP contribution in [0.5, 0.6) is 0 Å². The first-order valence-electron chi connectivity index (χ1n) is 3.55. The van der Waals surface area contributed by atoms with Gasteiger partial charge in [0.25, 0.3) is 5.91 Å². The van der Waals surface area contributed by atoms with Crippen molar-refractivity contribution in [3.63, 3.8) is 0 Å². The molecule has 0 aliphatic carbocycles. The van der Waals surface area contributed by atoms with Crippen LogP contribution in [0.25, 0.3) is 0 Å². The zero-order valence-corrected chi connectivity index (χ0v) is 9.60. The molecule has 0 spiro atoms. The lowest BCUT2D eigenvalue weighted by Gasteiger charge is -1.98. The first-order chi connectivity index (χ1) is 5.57. The van der Waals surface area contributed by atoms with Crippen molar-refractivity contribution in [2.75, 3.05) is 7.05 Å². The molecule has 0 aliphatic heterocycles. The Bertz CT molecular complexity index is 319. The molecule has 1 aromatic rings. The smallest absolute Gasteiger partial charge is 0.253 e. The molecule has 0 fully saturated rings. The summed E-state index contributed by atoms with van der Waals surface area (Å²) in [6.45, 7) is 3.97. The molecular formula is C8H10BrNOS. The fourth-order valence-electron chi connectivity index (χ4n) is 0.970. The van der Waals surface area contributed by atoms with Gasteiger partial charge in [-0.2, -0.15) is 0 Å². The Hall–Kier alpha value is -0.350. The van der Waals surface area contributed by atoms with Crippen LogP contribution in [-0.2, 0) is 0 Å². The molecule has 0 bridgehead atoms. The third-order valence-corrected chi connectivity index (χ3v) is 3.67. The minimum atomic E-state index is -0.0243. The minimum Gasteiger partial charge on any atom is -0.355 e. The molecule has 0 saturated heterocycles. The van der Waals surface area contributed by atoms with Crippen molar-refractivity contribution in [3.05, 3.63) is 19.8 Å². The maximum Gasteiger partial charge on any atom is 0.253 e. The zero-order chi connectivity index (χ0) is 9.30. The molecule has 66 valence electrons. The van der Waals surface area contributed by atoms with Crippen LogP contribution in [-0.4, -0.2) is 13.0 Å². The molecule has 0 aromatic carbocycles. The van der Waals surface area contributed by atoms with Crippen molar-refractivity contribution in [2.24, 2.45) is 0 Å². The highest BCUT2D eigenvalue weighted by Crippen LogP contribution is 2.31. The van der Waals surface area contributed by atoms with Gasteiger partial charge in [0.05, 0.1) is 9.35 Å². The number of halogens is 1. The van der Waals surface area contributed by atoms with E-state index >= 15 is 0 Å². The van der Waals surface area contributed by atoms with Crippen molar-refractivity contribution >= 4 is 33.2 Å². The Kier molecular flexibility index (Phi) is 2.90. The lowest BCUT2D eigenvalue weighted by molar-refractivity contribution is 0.0962. The SMILES string of the molecule is CNC(=O)c1c(Br)sc(C)c1C. The van der Waals surface area contributed by atoms with Gasteiger partial charge in [0.15, 0.2) is 0 Å². The van der Waals surface area contributed by atoms with E-state index in [9.17, 15) is 4.79 Å². The highest BCUT2D eigenvalue weighted by Gasteiger charge is 2.15.